The molecule has 4 heterocycles. The molecule has 2 aliphatic heterocycles. The quantitative estimate of drug-likeness (QED) is 0.178. The lowest BCUT2D eigenvalue weighted by Crippen LogP contribution is -2.28. The summed E-state index contributed by atoms with van der Waals surface area (Å²) in [4.78, 5) is 15.3. The molecule has 0 saturated carbocycles. The molecule has 1 aromatic carbocycles. The van der Waals surface area contributed by atoms with Crippen LogP contribution in [-0.2, 0) is 6.54 Å². The minimum absolute atomic E-state index is 0.176. The monoisotopic (exact) mass is 597 g/mol. The Morgan fingerprint density at radius 3 is 2.60 bits per heavy atom. The third-order valence-corrected chi connectivity index (χ3v) is 7.06. The van der Waals surface area contributed by atoms with Crippen molar-refractivity contribution in [2.45, 2.75) is 45.5 Å². The first-order chi connectivity index (χ1) is 20.3. The highest BCUT2D eigenvalue weighted by Gasteiger charge is 2.32. The molecule has 0 bridgehead atoms. The van der Waals surface area contributed by atoms with Crippen molar-refractivity contribution in [2.75, 3.05) is 49.2 Å². The molecular weight excluding hydrogens is 562 g/mol. The topological polar surface area (TPSA) is 106 Å². The number of alkyl halides is 3. The van der Waals surface area contributed by atoms with Gasteiger partial charge >= 0.3 is 6.18 Å². The Hall–Kier alpha value is -4.26. The van der Waals surface area contributed by atoms with Crippen LogP contribution in [0.15, 0.2) is 58.0 Å². The van der Waals surface area contributed by atoms with Gasteiger partial charge in [0, 0.05) is 53.4 Å². The lowest BCUT2D eigenvalue weighted by Gasteiger charge is -2.24. The average Bonchev–Trinajstić information content (AvgIpc) is 3.52. The number of pyridine rings is 1. The van der Waals surface area contributed by atoms with Crippen molar-refractivity contribution in [3.63, 3.8) is 0 Å². The molecule has 4 N–H and O–H groups in total. The summed E-state index contributed by atoms with van der Waals surface area (Å²) in [5.74, 6) is 0.386. The van der Waals surface area contributed by atoms with Crippen molar-refractivity contribution < 1.29 is 17.6 Å². The van der Waals surface area contributed by atoms with Crippen LogP contribution in [0.5, 0.6) is 0 Å². The van der Waals surface area contributed by atoms with Crippen LogP contribution < -0.4 is 16.0 Å². The van der Waals surface area contributed by atoms with E-state index in [0.717, 1.165) is 10.3 Å². The summed E-state index contributed by atoms with van der Waals surface area (Å²) in [6.07, 6.45) is -1.17. The van der Waals surface area contributed by atoms with E-state index in [1.54, 1.807) is 36.5 Å². The number of amidine groups is 1. The van der Waals surface area contributed by atoms with Gasteiger partial charge in [-0.2, -0.15) is 13.2 Å². The van der Waals surface area contributed by atoms with Crippen molar-refractivity contribution in [1.29, 1.82) is 5.41 Å². The fourth-order valence-electron chi connectivity index (χ4n) is 5.15. The van der Waals surface area contributed by atoms with Gasteiger partial charge in [0.25, 0.3) is 0 Å². The SMILES string of the molecule is CN1CCC(Nc2cccc3c2cc(C2=NCC(CNc4nccc(NC(C)(C)C)c4C=N)=N2)n3CC(F)(F)F)=C(F)C1. The van der Waals surface area contributed by atoms with E-state index in [2.05, 4.69) is 30.9 Å². The maximum Gasteiger partial charge on any atom is 0.406 e. The summed E-state index contributed by atoms with van der Waals surface area (Å²) in [7, 11) is 1.83. The Bertz CT molecular complexity index is 1630. The van der Waals surface area contributed by atoms with E-state index < -0.39 is 12.7 Å². The molecule has 0 fully saturated rings. The Labute approximate surface area is 247 Å². The van der Waals surface area contributed by atoms with Crippen molar-refractivity contribution in [3.05, 3.63) is 59.3 Å². The van der Waals surface area contributed by atoms with E-state index in [9.17, 15) is 17.6 Å². The van der Waals surface area contributed by atoms with Crippen LogP contribution in [0.25, 0.3) is 10.9 Å². The fraction of sp³-hybridized carbons (Fsp3) is 0.400. The number of hydrogen-bond donors (Lipinski definition) is 4. The first kappa shape index (κ1) is 30.2. The van der Waals surface area contributed by atoms with Gasteiger partial charge in [0.15, 0.2) is 5.84 Å². The van der Waals surface area contributed by atoms with Crippen molar-refractivity contribution in [2.24, 2.45) is 9.98 Å². The number of hydrogen-bond acceptors (Lipinski definition) is 8. The molecule has 3 aromatic rings. The number of aromatic nitrogens is 2. The number of fused-ring (bicyclic) bond motifs is 1. The lowest BCUT2D eigenvalue weighted by molar-refractivity contribution is -0.139. The van der Waals surface area contributed by atoms with E-state index >= 15 is 0 Å². The third kappa shape index (κ3) is 7.04. The molecule has 0 radical (unpaired) electrons. The van der Waals surface area contributed by atoms with Crippen LogP contribution in [0, 0.1) is 5.41 Å². The Morgan fingerprint density at radius 1 is 1.12 bits per heavy atom. The highest BCUT2D eigenvalue weighted by molar-refractivity contribution is 6.14. The average molecular weight is 598 g/mol. The van der Waals surface area contributed by atoms with Gasteiger partial charge in [0.05, 0.1) is 42.1 Å². The van der Waals surface area contributed by atoms with Crippen LogP contribution in [0.4, 0.5) is 34.8 Å². The maximum absolute atomic E-state index is 14.7. The van der Waals surface area contributed by atoms with Crippen LogP contribution >= 0.6 is 0 Å². The summed E-state index contributed by atoms with van der Waals surface area (Å²) >= 11 is 0. The number of nitrogens with one attached hydrogen (secondary N) is 4. The number of rotatable bonds is 9. The maximum atomic E-state index is 14.7. The summed E-state index contributed by atoms with van der Waals surface area (Å²) in [5.41, 5.74) is 3.25. The van der Waals surface area contributed by atoms with Crippen LogP contribution in [0.2, 0.25) is 0 Å². The van der Waals surface area contributed by atoms with Gasteiger partial charge in [-0.25, -0.2) is 14.4 Å². The van der Waals surface area contributed by atoms with Crippen molar-refractivity contribution in [1.82, 2.24) is 14.5 Å². The molecule has 13 heteroatoms. The summed E-state index contributed by atoms with van der Waals surface area (Å²) in [6.45, 7) is 6.11. The smallest absolute Gasteiger partial charge is 0.380 e. The minimum Gasteiger partial charge on any atom is -0.380 e. The van der Waals surface area contributed by atoms with Crippen molar-refractivity contribution in [3.8, 4) is 0 Å². The lowest BCUT2D eigenvalue weighted by atomic mass is 10.1. The molecular formula is C30H35F4N9. The van der Waals surface area contributed by atoms with Gasteiger partial charge < -0.3 is 25.9 Å². The number of benzene rings is 1. The zero-order valence-corrected chi connectivity index (χ0v) is 24.5. The molecule has 228 valence electrons. The third-order valence-electron chi connectivity index (χ3n) is 7.06. The van der Waals surface area contributed by atoms with Gasteiger partial charge in [0.2, 0.25) is 0 Å². The Morgan fingerprint density at radius 2 is 1.91 bits per heavy atom. The van der Waals surface area contributed by atoms with Gasteiger partial charge in [-0.3, -0.25) is 9.89 Å². The standard InChI is InChI=1S/C30H35F4N9/c1-29(2,3)41-23-8-10-36-27(20(23)13-35)37-14-18-15-38-28(39-18)26-12-19-22(40-24-9-11-42(4)16-21(24)31)6-5-7-25(19)43(26)17-30(32,33)34/h5-8,10,12-13,35,40H,9,11,14-17H2,1-4H3,(H2,36,37,41). The summed E-state index contributed by atoms with van der Waals surface area (Å²) < 4.78 is 57.1. The molecule has 0 spiro atoms. The first-order valence-electron chi connectivity index (χ1n) is 14.0. The molecule has 0 atom stereocenters. The molecule has 0 saturated heterocycles. The van der Waals surface area contributed by atoms with Gasteiger partial charge in [0.1, 0.15) is 18.2 Å². The fourth-order valence-corrected chi connectivity index (χ4v) is 5.15. The van der Waals surface area contributed by atoms with E-state index in [4.69, 9.17) is 5.41 Å². The highest BCUT2D eigenvalue weighted by Crippen LogP contribution is 2.33. The van der Waals surface area contributed by atoms with E-state index in [1.165, 1.54) is 6.21 Å². The Kier molecular flexibility index (Phi) is 8.28. The van der Waals surface area contributed by atoms with Crippen molar-refractivity contribution >= 4 is 45.9 Å². The number of nitrogens with zero attached hydrogens (tertiary/aromatic N) is 5. The molecule has 0 unspecified atom stereocenters. The first-order valence-corrected chi connectivity index (χ1v) is 14.0. The second-order valence-corrected chi connectivity index (χ2v) is 11.8. The predicted molar refractivity (Wildman–Crippen MR) is 165 cm³/mol. The second-order valence-electron chi connectivity index (χ2n) is 11.8. The van der Waals surface area contributed by atoms with Gasteiger partial charge in [-0.15, -0.1) is 0 Å². The Balaban J connectivity index is 1.43. The van der Waals surface area contributed by atoms with Crippen LogP contribution in [0.3, 0.4) is 0 Å². The number of likely N-dealkylation sites (N-methyl/N-ethyl adjacent to an activating group) is 1. The van der Waals surface area contributed by atoms with Gasteiger partial charge in [-0.05, 0) is 52.1 Å². The second kappa shape index (κ2) is 11.8. The predicted octanol–water partition coefficient (Wildman–Crippen LogP) is 6.05. The largest absolute Gasteiger partial charge is 0.406 e. The van der Waals surface area contributed by atoms with E-state index in [0.29, 0.717) is 52.3 Å². The summed E-state index contributed by atoms with van der Waals surface area (Å²) in [6, 6.07) is 8.42. The van der Waals surface area contributed by atoms with Crippen LogP contribution in [-0.4, -0.2) is 77.2 Å². The molecule has 9 nitrogen and oxygen atoms in total. The molecule has 0 amide bonds. The molecule has 0 aliphatic carbocycles. The number of aliphatic imine (C=N–C) groups is 2. The molecule has 2 aliphatic rings. The minimum atomic E-state index is -4.49. The van der Waals surface area contributed by atoms with Gasteiger partial charge in [-0.1, -0.05) is 6.07 Å². The zero-order chi connectivity index (χ0) is 30.9. The molecule has 5 rings (SSSR count). The van der Waals surface area contributed by atoms with E-state index in [1.807, 2.05) is 32.7 Å². The summed E-state index contributed by atoms with van der Waals surface area (Å²) in [5, 5.41) is 18.1. The number of halogens is 4. The van der Waals surface area contributed by atoms with Crippen LogP contribution in [0.1, 0.15) is 38.4 Å². The zero-order valence-electron chi connectivity index (χ0n) is 24.5. The number of anilines is 3. The van der Waals surface area contributed by atoms with E-state index in [-0.39, 0.29) is 42.5 Å². The normalized spacial score (nSPS) is 16.4. The molecule has 2 aromatic heterocycles. The highest BCUT2D eigenvalue weighted by atomic mass is 19.4. The molecule has 43 heavy (non-hydrogen) atoms.